The molecule has 0 radical (unpaired) electrons. The Morgan fingerprint density at radius 3 is 2.71 bits per heavy atom. The molecule has 0 aromatic heterocycles. The zero-order valence-electron chi connectivity index (χ0n) is 13.6. The standard InChI is InChI=1S/C19H18ClN3O/c1-13-7-8-14(2)18(9-13)22-12-16(10-21)19(24)23-11-15-5-3-4-6-17(15)20/h3-9,12,22H,11H2,1-2H3,(H,23,24)/b16-12-. The van der Waals surface area contributed by atoms with Crippen LogP contribution in [0.25, 0.3) is 0 Å². The number of carbonyl (C=O) groups is 1. The molecule has 0 fully saturated rings. The summed E-state index contributed by atoms with van der Waals surface area (Å²) < 4.78 is 0. The number of amides is 1. The average molecular weight is 340 g/mol. The number of carbonyl (C=O) groups excluding carboxylic acids is 1. The van der Waals surface area contributed by atoms with Crippen molar-refractivity contribution in [3.63, 3.8) is 0 Å². The molecule has 0 aliphatic carbocycles. The van der Waals surface area contributed by atoms with Gasteiger partial charge in [0.15, 0.2) is 0 Å². The quantitative estimate of drug-likeness (QED) is 0.637. The highest BCUT2D eigenvalue weighted by molar-refractivity contribution is 6.31. The molecule has 24 heavy (non-hydrogen) atoms. The molecular weight excluding hydrogens is 322 g/mol. The Hall–Kier alpha value is -2.77. The molecule has 0 saturated carbocycles. The van der Waals surface area contributed by atoms with Gasteiger partial charge < -0.3 is 10.6 Å². The van der Waals surface area contributed by atoms with Gasteiger partial charge in [0.25, 0.3) is 5.91 Å². The van der Waals surface area contributed by atoms with Crippen molar-refractivity contribution in [2.24, 2.45) is 0 Å². The van der Waals surface area contributed by atoms with E-state index in [1.807, 2.05) is 56.3 Å². The van der Waals surface area contributed by atoms with Gasteiger partial charge in [0, 0.05) is 23.5 Å². The van der Waals surface area contributed by atoms with Gasteiger partial charge in [-0.15, -0.1) is 0 Å². The van der Waals surface area contributed by atoms with Crippen LogP contribution < -0.4 is 10.6 Å². The van der Waals surface area contributed by atoms with Gasteiger partial charge >= 0.3 is 0 Å². The van der Waals surface area contributed by atoms with Gasteiger partial charge in [-0.05, 0) is 42.7 Å². The van der Waals surface area contributed by atoms with E-state index in [2.05, 4.69) is 10.6 Å². The molecule has 2 rings (SSSR count). The molecular formula is C19H18ClN3O. The van der Waals surface area contributed by atoms with E-state index in [0.29, 0.717) is 5.02 Å². The van der Waals surface area contributed by atoms with E-state index >= 15 is 0 Å². The van der Waals surface area contributed by atoms with Crippen molar-refractivity contribution in [1.82, 2.24) is 5.32 Å². The van der Waals surface area contributed by atoms with Crippen LogP contribution in [0.5, 0.6) is 0 Å². The summed E-state index contributed by atoms with van der Waals surface area (Å²) in [4.78, 5) is 12.1. The van der Waals surface area contributed by atoms with Gasteiger partial charge in [-0.1, -0.05) is 41.9 Å². The number of nitriles is 1. The molecule has 0 aliphatic rings. The Morgan fingerprint density at radius 1 is 1.25 bits per heavy atom. The lowest BCUT2D eigenvalue weighted by Gasteiger charge is -2.08. The lowest BCUT2D eigenvalue weighted by atomic mass is 10.1. The first-order valence-electron chi connectivity index (χ1n) is 7.47. The highest BCUT2D eigenvalue weighted by Gasteiger charge is 2.09. The number of benzene rings is 2. The Bertz CT molecular complexity index is 822. The van der Waals surface area contributed by atoms with Gasteiger partial charge in [-0.25, -0.2) is 0 Å². The van der Waals surface area contributed by atoms with Crippen molar-refractivity contribution in [2.75, 3.05) is 5.32 Å². The van der Waals surface area contributed by atoms with Crippen molar-refractivity contribution in [3.8, 4) is 6.07 Å². The number of nitrogens with one attached hydrogen (secondary N) is 2. The normalized spacial score (nSPS) is 10.8. The Balaban J connectivity index is 2.05. The zero-order chi connectivity index (χ0) is 17.5. The topological polar surface area (TPSA) is 64.9 Å². The Labute approximate surface area is 146 Å². The largest absolute Gasteiger partial charge is 0.360 e. The van der Waals surface area contributed by atoms with Gasteiger partial charge in [0.2, 0.25) is 0 Å². The monoisotopic (exact) mass is 339 g/mol. The summed E-state index contributed by atoms with van der Waals surface area (Å²) in [5, 5.41) is 15.5. The molecule has 0 spiro atoms. The van der Waals surface area contributed by atoms with E-state index in [1.54, 1.807) is 6.07 Å². The summed E-state index contributed by atoms with van der Waals surface area (Å²) >= 11 is 6.05. The maximum atomic E-state index is 12.1. The zero-order valence-corrected chi connectivity index (χ0v) is 14.3. The van der Waals surface area contributed by atoms with Crippen molar-refractivity contribution in [1.29, 1.82) is 5.26 Å². The summed E-state index contributed by atoms with van der Waals surface area (Å²) in [6.07, 6.45) is 1.42. The molecule has 0 atom stereocenters. The van der Waals surface area contributed by atoms with Crippen molar-refractivity contribution in [2.45, 2.75) is 20.4 Å². The minimum absolute atomic E-state index is 0.00274. The van der Waals surface area contributed by atoms with E-state index in [9.17, 15) is 10.1 Å². The highest BCUT2D eigenvalue weighted by atomic mass is 35.5. The lowest BCUT2D eigenvalue weighted by molar-refractivity contribution is -0.117. The fraction of sp³-hybridized carbons (Fsp3) is 0.158. The number of aryl methyl sites for hydroxylation is 2. The first kappa shape index (κ1) is 17.6. The number of halogens is 1. The second kappa shape index (κ2) is 8.19. The molecule has 122 valence electrons. The third-order valence-corrected chi connectivity index (χ3v) is 3.90. The molecule has 5 heteroatoms. The van der Waals surface area contributed by atoms with Crippen LogP contribution in [0.15, 0.2) is 54.2 Å². The molecule has 4 nitrogen and oxygen atoms in total. The van der Waals surface area contributed by atoms with Crippen LogP contribution in [0.2, 0.25) is 5.02 Å². The Morgan fingerprint density at radius 2 is 2.00 bits per heavy atom. The SMILES string of the molecule is Cc1ccc(C)c(N/C=C(/C#N)C(=O)NCc2ccccc2Cl)c1. The highest BCUT2D eigenvalue weighted by Crippen LogP contribution is 2.17. The summed E-state index contributed by atoms with van der Waals surface area (Å²) in [5.74, 6) is -0.449. The average Bonchev–Trinajstić information content (AvgIpc) is 2.57. The van der Waals surface area contributed by atoms with Crippen LogP contribution in [-0.4, -0.2) is 5.91 Å². The van der Waals surface area contributed by atoms with Gasteiger partial charge in [-0.3, -0.25) is 4.79 Å². The molecule has 0 aliphatic heterocycles. The number of rotatable bonds is 5. The van der Waals surface area contributed by atoms with E-state index < -0.39 is 5.91 Å². The first-order chi connectivity index (χ1) is 11.5. The second-order valence-electron chi connectivity index (χ2n) is 5.41. The molecule has 2 N–H and O–H groups in total. The number of hydrogen-bond donors (Lipinski definition) is 2. The van der Waals surface area contributed by atoms with Crippen molar-refractivity contribution >= 4 is 23.2 Å². The van der Waals surface area contributed by atoms with Gasteiger partial charge in [0.05, 0.1) is 0 Å². The smallest absolute Gasteiger partial charge is 0.263 e. The second-order valence-corrected chi connectivity index (χ2v) is 5.81. The van der Waals surface area contributed by atoms with E-state index in [4.69, 9.17) is 11.6 Å². The molecule has 0 bridgehead atoms. The van der Waals surface area contributed by atoms with Crippen molar-refractivity contribution in [3.05, 3.63) is 76.0 Å². The van der Waals surface area contributed by atoms with Gasteiger partial charge in [-0.2, -0.15) is 5.26 Å². The predicted octanol–water partition coefficient (Wildman–Crippen LogP) is 4.09. The third-order valence-electron chi connectivity index (χ3n) is 3.53. The molecule has 2 aromatic carbocycles. The fourth-order valence-electron chi connectivity index (χ4n) is 2.10. The van der Waals surface area contributed by atoms with E-state index in [1.165, 1.54) is 6.20 Å². The maximum Gasteiger partial charge on any atom is 0.263 e. The minimum atomic E-state index is -0.449. The fourth-order valence-corrected chi connectivity index (χ4v) is 2.30. The van der Waals surface area contributed by atoms with E-state index in [-0.39, 0.29) is 12.1 Å². The molecule has 1 amide bonds. The van der Waals surface area contributed by atoms with Gasteiger partial charge in [0.1, 0.15) is 11.6 Å². The third kappa shape index (κ3) is 4.61. The number of anilines is 1. The minimum Gasteiger partial charge on any atom is -0.360 e. The lowest BCUT2D eigenvalue weighted by Crippen LogP contribution is -2.24. The van der Waals surface area contributed by atoms with Crippen LogP contribution in [0, 0.1) is 25.2 Å². The maximum absolute atomic E-state index is 12.1. The van der Waals surface area contributed by atoms with Crippen LogP contribution in [-0.2, 0) is 11.3 Å². The molecule has 0 saturated heterocycles. The molecule has 0 heterocycles. The number of nitrogens with zero attached hydrogens (tertiary/aromatic N) is 1. The van der Waals surface area contributed by atoms with E-state index in [0.717, 1.165) is 22.4 Å². The van der Waals surface area contributed by atoms with Crippen LogP contribution >= 0.6 is 11.6 Å². The summed E-state index contributed by atoms with van der Waals surface area (Å²) in [5.41, 5.74) is 3.79. The van der Waals surface area contributed by atoms with Crippen LogP contribution in [0.1, 0.15) is 16.7 Å². The number of hydrogen-bond acceptors (Lipinski definition) is 3. The molecule has 2 aromatic rings. The molecule has 0 unspecified atom stereocenters. The van der Waals surface area contributed by atoms with Crippen LogP contribution in [0.4, 0.5) is 5.69 Å². The predicted molar refractivity (Wildman–Crippen MR) is 96.5 cm³/mol. The first-order valence-corrected chi connectivity index (χ1v) is 7.84. The Kier molecular flexibility index (Phi) is 6.00. The summed E-state index contributed by atoms with van der Waals surface area (Å²) in [6.45, 7) is 4.20. The summed E-state index contributed by atoms with van der Waals surface area (Å²) in [7, 11) is 0. The van der Waals surface area contributed by atoms with Crippen molar-refractivity contribution < 1.29 is 4.79 Å². The van der Waals surface area contributed by atoms with Crippen LogP contribution in [0.3, 0.4) is 0 Å². The summed E-state index contributed by atoms with van der Waals surface area (Å²) in [6, 6.07) is 15.1.